The third-order valence-corrected chi connectivity index (χ3v) is 4.80. The van der Waals surface area contributed by atoms with Crippen molar-refractivity contribution >= 4 is 35.1 Å². The van der Waals surface area contributed by atoms with Crippen LogP contribution >= 0.6 is 11.8 Å². The van der Waals surface area contributed by atoms with Crippen LogP contribution in [0.4, 0.5) is 5.69 Å². The Bertz CT molecular complexity index is 1110. The van der Waals surface area contributed by atoms with Crippen LogP contribution in [0, 0.1) is 0 Å². The molecule has 0 fully saturated rings. The second-order valence-corrected chi connectivity index (χ2v) is 8.12. The lowest BCUT2D eigenvalue weighted by molar-refractivity contribution is -0.113. The highest BCUT2D eigenvalue weighted by molar-refractivity contribution is 7.99. The molecule has 1 amide bonds. The van der Waals surface area contributed by atoms with E-state index < -0.39 is 11.4 Å². The SMILES string of the molecule is COC(=O)c1ccc(NC(=O)CSc2nnc3[nH]c(=O)c(C(C)(C)C)nn23)cc1. The molecule has 3 aromatic rings. The fourth-order valence-electron chi connectivity index (χ4n) is 2.45. The van der Waals surface area contributed by atoms with Crippen molar-refractivity contribution in [1.82, 2.24) is 24.8 Å². The summed E-state index contributed by atoms with van der Waals surface area (Å²) >= 11 is 1.14. The summed E-state index contributed by atoms with van der Waals surface area (Å²) in [4.78, 5) is 38.5. The molecule has 10 nitrogen and oxygen atoms in total. The first-order valence-corrected chi connectivity index (χ1v) is 9.65. The van der Waals surface area contributed by atoms with E-state index >= 15 is 0 Å². The van der Waals surface area contributed by atoms with Gasteiger partial charge in [0.2, 0.25) is 11.1 Å². The lowest BCUT2D eigenvalue weighted by Crippen LogP contribution is -2.28. The van der Waals surface area contributed by atoms with Crippen molar-refractivity contribution < 1.29 is 14.3 Å². The molecule has 3 rings (SSSR count). The normalized spacial score (nSPS) is 11.4. The highest BCUT2D eigenvalue weighted by Crippen LogP contribution is 2.19. The molecular weight excluding hydrogens is 396 g/mol. The molecule has 0 aliphatic rings. The quantitative estimate of drug-likeness (QED) is 0.474. The zero-order valence-corrected chi connectivity index (χ0v) is 17.2. The summed E-state index contributed by atoms with van der Waals surface area (Å²) in [7, 11) is 1.30. The smallest absolute Gasteiger partial charge is 0.337 e. The summed E-state index contributed by atoms with van der Waals surface area (Å²) in [6.45, 7) is 5.64. The minimum absolute atomic E-state index is 0.0607. The van der Waals surface area contributed by atoms with Crippen LogP contribution in [0.2, 0.25) is 0 Å². The monoisotopic (exact) mass is 416 g/mol. The standard InChI is InChI=1S/C18H20N6O4S/c1-18(2,3)13-14(26)20-16-21-22-17(24(16)23-13)29-9-12(25)19-11-7-5-10(6-8-11)15(27)28-4/h5-8H,9H2,1-4H3,(H,19,25)(H,20,21,26). The van der Waals surface area contributed by atoms with Crippen LogP contribution < -0.4 is 10.9 Å². The number of aromatic nitrogens is 5. The van der Waals surface area contributed by atoms with Gasteiger partial charge in [-0.3, -0.25) is 14.6 Å². The molecule has 11 heteroatoms. The van der Waals surface area contributed by atoms with Gasteiger partial charge in [-0.2, -0.15) is 9.61 Å². The average molecular weight is 416 g/mol. The molecule has 0 saturated heterocycles. The summed E-state index contributed by atoms with van der Waals surface area (Å²) in [6, 6.07) is 6.36. The zero-order chi connectivity index (χ0) is 21.2. The van der Waals surface area contributed by atoms with Crippen LogP contribution in [0.25, 0.3) is 5.78 Å². The summed E-state index contributed by atoms with van der Waals surface area (Å²) in [5, 5.41) is 15.4. The van der Waals surface area contributed by atoms with Gasteiger partial charge in [-0.05, 0) is 24.3 Å². The Morgan fingerprint density at radius 1 is 1.21 bits per heavy atom. The van der Waals surface area contributed by atoms with Crippen LogP contribution in [-0.2, 0) is 14.9 Å². The van der Waals surface area contributed by atoms with E-state index in [-0.39, 0.29) is 23.0 Å². The van der Waals surface area contributed by atoms with E-state index in [9.17, 15) is 14.4 Å². The fraction of sp³-hybridized carbons (Fsp3) is 0.333. The molecule has 0 saturated carbocycles. The number of esters is 1. The highest BCUT2D eigenvalue weighted by Gasteiger charge is 2.22. The molecule has 0 spiro atoms. The summed E-state index contributed by atoms with van der Waals surface area (Å²) < 4.78 is 6.06. The molecule has 29 heavy (non-hydrogen) atoms. The molecular formula is C18H20N6O4S. The van der Waals surface area contributed by atoms with E-state index in [1.165, 1.54) is 11.6 Å². The molecule has 2 N–H and O–H groups in total. The van der Waals surface area contributed by atoms with Crippen molar-refractivity contribution in [2.24, 2.45) is 0 Å². The van der Waals surface area contributed by atoms with Crippen LogP contribution in [0.3, 0.4) is 0 Å². The highest BCUT2D eigenvalue weighted by atomic mass is 32.2. The number of nitrogens with one attached hydrogen (secondary N) is 2. The number of hydrogen-bond donors (Lipinski definition) is 2. The molecule has 0 aliphatic heterocycles. The topological polar surface area (TPSA) is 131 Å². The number of rotatable bonds is 5. The maximum Gasteiger partial charge on any atom is 0.337 e. The van der Waals surface area contributed by atoms with Gasteiger partial charge in [-0.1, -0.05) is 32.5 Å². The number of hydrogen-bond acceptors (Lipinski definition) is 8. The van der Waals surface area contributed by atoms with E-state index in [2.05, 4.69) is 30.3 Å². The maximum atomic E-state index is 12.2. The third kappa shape index (κ3) is 4.62. The van der Waals surface area contributed by atoms with Crippen molar-refractivity contribution in [3.05, 3.63) is 45.9 Å². The number of thioether (sulfide) groups is 1. The van der Waals surface area contributed by atoms with Gasteiger partial charge < -0.3 is 10.1 Å². The summed E-state index contributed by atoms with van der Waals surface area (Å²) in [6.07, 6.45) is 0. The summed E-state index contributed by atoms with van der Waals surface area (Å²) in [5.74, 6) is -0.440. The lowest BCUT2D eigenvalue weighted by atomic mass is 9.93. The van der Waals surface area contributed by atoms with Gasteiger partial charge >= 0.3 is 5.97 Å². The molecule has 1 aromatic carbocycles. The Morgan fingerprint density at radius 3 is 2.52 bits per heavy atom. The van der Waals surface area contributed by atoms with Gasteiger partial charge in [0.05, 0.1) is 18.4 Å². The van der Waals surface area contributed by atoms with Crippen LogP contribution in [0.5, 0.6) is 0 Å². The van der Waals surface area contributed by atoms with Gasteiger partial charge in [0.25, 0.3) is 11.3 Å². The number of amides is 1. The third-order valence-electron chi connectivity index (χ3n) is 3.89. The van der Waals surface area contributed by atoms with Crippen LogP contribution in [-0.4, -0.2) is 49.5 Å². The number of nitrogens with zero attached hydrogens (tertiary/aromatic N) is 4. The first-order valence-electron chi connectivity index (χ1n) is 8.66. The minimum atomic E-state index is -0.457. The Kier molecular flexibility index (Phi) is 5.69. The largest absolute Gasteiger partial charge is 0.465 e. The van der Waals surface area contributed by atoms with Crippen molar-refractivity contribution in [2.45, 2.75) is 31.3 Å². The van der Waals surface area contributed by atoms with Crippen molar-refractivity contribution in [3.63, 3.8) is 0 Å². The van der Waals surface area contributed by atoms with E-state index in [0.29, 0.717) is 22.1 Å². The van der Waals surface area contributed by atoms with Gasteiger partial charge in [-0.15, -0.1) is 10.2 Å². The second-order valence-electron chi connectivity index (χ2n) is 7.18. The van der Waals surface area contributed by atoms with Crippen molar-refractivity contribution in [3.8, 4) is 0 Å². The molecule has 0 unspecified atom stereocenters. The lowest BCUT2D eigenvalue weighted by Gasteiger charge is -2.15. The van der Waals surface area contributed by atoms with Crippen LogP contribution in [0.15, 0.2) is 34.2 Å². The predicted octanol–water partition coefficient (Wildman–Crippen LogP) is 1.63. The Morgan fingerprint density at radius 2 is 1.90 bits per heavy atom. The van der Waals surface area contributed by atoms with Crippen molar-refractivity contribution in [2.75, 3.05) is 18.2 Å². The zero-order valence-electron chi connectivity index (χ0n) is 16.3. The number of benzene rings is 1. The number of aromatic amines is 1. The summed E-state index contributed by atoms with van der Waals surface area (Å²) in [5.41, 5.74) is 0.516. The number of carbonyl (C=O) groups is 2. The van der Waals surface area contributed by atoms with Gasteiger partial charge in [-0.25, -0.2) is 4.79 Å². The van der Waals surface area contributed by atoms with Gasteiger partial charge in [0.1, 0.15) is 5.69 Å². The van der Waals surface area contributed by atoms with Gasteiger partial charge in [0, 0.05) is 11.1 Å². The molecule has 0 bridgehead atoms. The van der Waals surface area contributed by atoms with E-state index in [4.69, 9.17) is 0 Å². The predicted molar refractivity (Wildman–Crippen MR) is 107 cm³/mol. The first-order chi connectivity index (χ1) is 13.7. The number of anilines is 1. The van der Waals surface area contributed by atoms with E-state index in [1.54, 1.807) is 24.3 Å². The molecule has 0 atom stereocenters. The second kappa shape index (κ2) is 8.03. The number of H-pyrrole nitrogens is 1. The number of fused-ring (bicyclic) bond motifs is 1. The minimum Gasteiger partial charge on any atom is -0.465 e. The van der Waals surface area contributed by atoms with Gasteiger partial charge in [0.15, 0.2) is 0 Å². The van der Waals surface area contributed by atoms with Crippen LogP contribution in [0.1, 0.15) is 36.8 Å². The fourth-order valence-corrected chi connectivity index (χ4v) is 3.14. The number of carbonyl (C=O) groups excluding carboxylic acids is 2. The number of ether oxygens (including phenoxy) is 1. The van der Waals surface area contributed by atoms with E-state index in [0.717, 1.165) is 11.8 Å². The molecule has 2 aromatic heterocycles. The van der Waals surface area contributed by atoms with Crippen molar-refractivity contribution in [1.29, 1.82) is 0 Å². The number of methoxy groups -OCH3 is 1. The average Bonchev–Trinajstić information content (AvgIpc) is 3.06. The Balaban J connectivity index is 1.69. The maximum absolute atomic E-state index is 12.2. The molecule has 0 aliphatic carbocycles. The first kappa shape index (κ1) is 20.5. The molecule has 152 valence electrons. The Hall–Kier alpha value is -3.21. The molecule has 0 radical (unpaired) electrons. The Labute approximate surface area is 170 Å². The van der Waals surface area contributed by atoms with E-state index in [1.807, 2.05) is 20.8 Å². The molecule has 2 heterocycles.